The fourth-order valence-electron chi connectivity index (χ4n) is 2.90. The summed E-state index contributed by atoms with van der Waals surface area (Å²) in [6.45, 7) is 1.05. The van der Waals surface area contributed by atoms with Gasteiger partial charge in [0, 0.05) is 23.6 Å². The van der Waals surface area contributed by atoms with Crippen LogP contribution < -0.4 is 0 Å². The van der Waals surface area contributed by atoms with E-state index in [1.54, 1.807) is 22.9 Å². The average Bonchev–Trinajstić information content (AvgIpc) is 2.71. The molecule has 126 valence electrons. The summed E-state index contributed by atoms with van der Waals surface area (Å²) in [4.78, 5) is 26.8. The molecule has 1 fully saturated rings. The van der Waals surface area contributed by atoms with Gasteiger partial charge in [-0.15, -0.1) is 0 Å². The van der Waals surface area contributed by atoms with Crippen LogP contribution in [0.3, 0.4) is 0 Å². The lowest BCUT2D eigenvalue weighted by atomic mass is 10.1. The predicted molar refractivity (Wildman–Crippen MR) is 87.9 cm³/mol. The van der Waals surface area contributed by atoms with Gasteiger partial charge in [0.1, 0.15) is 5.82 Å². The minimum absolute atomic E-state index is 0.0139. The quantitative estimate of drug-likeness (QED) is 0.863. The van der Waals surface area contributed by atoms with Crippen LogP contribution in [0.5, 0.6) is 0 Å². The lowest BCUT2D eigenvalue weighted by molar-refractivity contribution is -0.138. The minimum atomic E-state index is -0.860. The van der Waals surface area contributed by atoms with Gasteiger partial charge in [0.2, 0.25) is 0 Å². The van der Waals surface area contributed by atoms with Crippen molar-refractivity contribution in [1.82, 2.24) is 9.80 Å². The summed E-state index contributed by atoms with van der Waals surface area (Å²) in [5.41, 5.74) is 0.0746. The van der Waals surface area contributed by atoms with Crippen LogP contribution in [-0.2, 0) is 4.79 Å². The molecular formula is C16H20BrFN2O3. The molecule has 1 atom stereocenters. The number of benzene rings is 1. The highest BCUT2D eigenvalue weighted by Crippen LogP contribution is 2.20. The fourth-order valence-corrected chi connectivity index (χ4v) is 3.23. The van der Waals surface area contributed by atoms with Crippen molar-refractivity contribution in [3.05, 3.63) is 34.1 Å². The molecule has 1 aromatic carbocycles. The van der Waals surface area contributed by atoms with Crippen molar-refractivity contribution in [2.45, 2.75) is 25.3 Å². The Morgan fingerprint density at radius 2 is 2.13 bits per heavy atom. The number of nitrogens with zero attached hydrogens (tertiary/aromatic N) is 2. The van der Waals surface area contributed by atoms with Crippen molar-refractivity contribution in [3.63, 3.8) is 0 Å². The summed E-state index contributed by atoms with van der Waals surface area (Å²) in [5.74, 6) is -1.70. The summed E-state index contributed by atoms with van der Waals surface area (Å²) < 4.78 is 14.5. The zero-order chi connectivity index (χ0) is 17.0. The zero-order valence-corrected chi connectivity index (χ0v) is 14.6. The van der Waals surface area contributed by atoms with E-state index in [4.69, 9.17) is 5.11 Å². The Hall–Kier alpha value is -1.47. The minimum Gasteiger partial charge on any atom is -0.480 e. The number of hydrogen-bond acceptors (Lipinski definition) is 3. The molecule has 1 heterocycles. The number of carboxylic acid groups (broad SMARTS) is 1. The second-order valence-corrected chi connectivity index (χ2v) is 6.73. The maximum Gasteiger partial charge on any atom is 0.317 e. The van der Waals surface area contributed by atoms with E-state index in [9.17, 15) is 14.0 Å². The first-order chi connectivity index (χ1) is 10.9. The molecule has 1 N–H and O–H groups in total. The van der Waals surface area contributed by atoms with Gasteiger partial charge in [0.05, 0.1) is 12.1 Å². The number of likely N-dealkylation sites (tertiary alicyclic amines) is 1. The van der Waals surface area contributed by atoms with E-state index in [1.807, 2.05) is 0 Å². The van der Waals surface area contributed by atoms with Gasteiger partial charge in [0.25, 0.3) is 5.91 Å². The molecule has 0 aromatic heterocycles. The van der Waals surface area contributed by atoms with Crippen LogP contribution in [0.4, 0.5) is 4.39 Å². The predicted octanol–water partition coefficient (Wildman–Crippen LogP) is 2.60. The summed E-state index contributed by atoms with van der Waals surface area (Å²) in [7, 11) is 1.78. The molecule has 5 nitrogen and oxygen atoms in total. The van der Waals surface area contributed by atoms with E-state index < -0.39 is 11.8 Å². The Labute approximate surface area is 143 Å². The lowest BCUT2D eigenvalue weighted by Crippen LogP contribution is -2.37. The normalized spacial score (nSPS) is 18.8. The number of hydrogen-bond donors (Lipinski definition) is 1. The molecule has 1 saturated heterocycles. The first kappa shape index (κ1) is 17.9. The van der Waals surface area contributed by atoms with Crippen molar-refractivity contribution in [2.24, 2.45) is 0 Å². The molecule has 0 radical (unpaired) electrons. The largest absolute Gasteiger partial charge is 0.480 e. The second kappa shape index (κ2) is 7.88. The first-order valence-electron chi connectivity index (χ1n) is 7.55. The third-order valence-electron chi connectivity index (χ3n) is 4.15. The Bertz CT molecular complexity index is 597. The van der Waals surface area contributed by atoms with Crippen molar-refractivity contribution in [1.29, 1.82) is 0 Å². The summed E-state index contributed by atoms with van der Waals surface area (Å²) >= 11 is 3.18. The Morgan fingerprint density at radius 1 is 1.39 bits per heavy atom. The molecule has 2 rings (SSSR count). The molecule has 1 aliphatic heterocycles. The fraction of sp³-hybridized carbons (Fsp3) is 0.500. The van der Waals surface area contributed by atoms with E-state index in [1.165, 1.54) is 12.1 Å². The van der Waals surface area contributed by atoms with Gasteiger partial charge in [-0.3, -0.25) is 14.5 Å². The number of aliphatic carboxylic acids is 1. The third kappa shape index (κ3) is 4.75. The number of rotatable bonds is 4. The van der Waals surface area contributed by atoms with Crippen LogP contribution in [0.15, 0.2) is 22.7 Å². The smallest absolute Gasteiger partial charge is 0.317 e. The van der Waals surface area contributed by atoms with Gasteiger partial charge >= 0.3 is 5.97 Å². The average molecular weight is 387 g/mol. The van der Waals surface area contributed by atoms with Gasteiger partial charge in [-0.2, -0.15) is 0 Å². The third-order valence-corrected chi connectivity index (χ3v) is 4.65. The molecule has 7 heteroatoms. The molecule has 23 heavy (non-hydrogen) atoms. The second-order valence-electron chi connectivity index (χ2n) is 5.81. The number of carbonyl (C=O) groups excluding carboxylic acids is 1. The summed E-state index contributed by atoms with van der Waals surface area (Å²) in [6.07, 6.45) is 2.29. The maximum atomic E-state index is 14.0. The number of carbonyl (C=O) groups is 2. The maximum absolute atomic E-state index is 14.0. The number of halogens is 2. The highest BCUT2D eigenvalue weighted by atomic mass is 79.9. The van der Waals surface area contributed by atoms with Crippen LogP contribution in [0, 0.1) is 5.82 Å². The van der Waals surface area contributed by atoms with Crippen LogP contribution in [0.1, 0.15) is 29.6 Å². The van der Waals surface area contributed by atoms with E-state index in [2.05, 4.69) is 15.9 Å². The van der Waals surface area contributed by atoms with Crippen molar-refractivity contribution in [3.8, 4) is 0 Å². The Morgan fingerprint density at radius 3 is 2.78 bits per heavy atom. The molecule has 1 aromatic rings. The summed E-state index contributed by atoms with van der Waals surface area (Å²) in [5, 5.41) is 8.87. The molecular weight excluding hydrogens is 367 g/mol. The molecule has 0 unspecified atom stereocenters. The van der Waals surface area contributed by atoms with E-state index >= 15 is 0 Å². The molecule has 0 spiro atoms. The number of amides is 1. The van der Waals surface area contributed by atoms with E-state index in [0.29, 0.717) is 24.0 Å². The van der Waals surface area contributed by atoms with Crippen molar-refractivity contribution < 1.29 is 19.1 Å². The molecule has 0 saturated carbocycles. The molecule has 1 amide bonds. The van der Waals surface area contributed by atoms with Gasteiger partial charge in [0.15, 0.2) is 0 Å². The van der Waals surface area contributed by atoms with Crippen LogP contribution >= 0.6 is 15.9 Å². The van der Waals surface area contributed by atoms with Crippen molar-refractivity contribution in [2.75, 3.05) is 26.7 Å². The molecule has 0 aliphatic carbocycles. The summed E-state index contributed by atoms with van der Waals surface area (Å²) in [6, 6.07) is 4.55. The van der Waals surface area contributed by atoms with Gasteiger partial charge in [-0.25, -0.2) is 4.39 Å². The monoisotopic (exact) mass is 386 g/mol. The zero-order valence-electron chi connectivity index (χ0n) is 13.0. The van der Waals surface area contributed by atoms with E-state index in [-0.39, 0.29) is 24.1 Å². The molecule has 1 aliphatic rings. The SMILES string of the molecule is CN(CC(=O)O)[C@H]1CCCN(C(=O)c2ccc(Br)cc2F)CC1. The highest BCUT2D eigenvalue weighted by molar-refractivity contribution is 9.10. The van der Waals surface area contributed by atoms with Crippen LogP contribution in [0.2, 0.25) is 0 Å². The standard InChI is InChI=1S/C16H20BrFN2O3/c1-19(10-15(21)22)12-3-2-7-20(8-6-12)16(23)13-5-4-11(17)9-14(13)18/h4-5,9,12H,2-3,6-8,10H2,1H3,(H,21,22)/t12-/m0/s1. The Balaban J connectivity index is 2.02. The molecule has 0 bridgehead atoms. The van der Waals surface area contributed by atoms with Gasteiger partial charge < -0.3 is 10.0 Å². The lowest BCUT2D eigenvalue weighted by Gasteiger charge is -2.25. The van der Waals surface area contributed by atoms with Gasteiger partial charge in [-0.1, -0.05) is 15.9 Å². The van der Waals surface area contributed by atoms with Crippen LogP contribution in [0.25, 0.3) is 0 Å². The first-order valence-corrected chi connectivity index (χ1v) is 8.34. The Kier molecular flexibility index (Phi) is 6.12. The number of likely N-dealkylation sites (N-methyl/N-ethyl adjacent to an activating group) is 1. The highest BCUT2D eigenvalue weighted by Gasteiger charge is 2.25. The van der Waals surface area contributed by atoms with Gasteiger partial charge in [-0.05, 0) is 44.5 Å². The van der Waals surface area contributed by atoms with E-state index in [0.717, 1.165) is 12.8 Å². The van der Waals surface area contributed by atoms with Crippen LogP contribution in [-0.4, -0.2) is 59.5 Å². The van der Waals surface area contributed by atoms with Crippen molar-refractivity contribution >= 4 is 27.8 Å². The number of carboxylic acids is 1. The topological polar surface area (TPSA) is 60.9 Å².